The van der Waals surface area contributed by atoms with Crippen molar-refractivity contribution < 1.29 is 33.4 Å². The molecule has 0 radical (unpaired) electrons. The molecule has 0 fully saturated rings. The predicted octanol–water partition coefficient (Wildman–Crippen LogP) is 2.50. The molecule has 0 aromatic heterocycles. The SMILES string of the molecule is CC(C)(C)OC(=O)N[C@@H](CC(N)=O)C(=O)NCCCCNC(=O)CCN(CCCN=[N+]=[N-])C(=O)OCc1ccccc1. The fraction of sp³-hybridized carbons (Fsp3) is 0.593. The van der Waals surface area contributed by atoms with E-state index < -0.39 is 35.6 Å². The molecular weight excluding hydrogens is 548 g/mol. The topological polar surface area (TPSA) is 218 Å². The number of amides is 5. The Kier molecular flexibility index (Phi) is 16.5. The van der Waals surface area contributed by atoms with Gasteiger partial charge in [-0.1, -0.05) is 35.4 Å². The molecule has 232 valence electrons. The van der Waals surface area contributed by atoms with E-state index in [0.717, 1.165) is 5.56 Å². The third-order valence-corrected chi connectivity index (χ3v) is 5.46. The average molecular weight is 591 g/mol. The van der Waals surface area contributed by atoms with Gasteiger partial charge in [-0.25, -0.2) is 9.59 Å². The first-order valence-electron chi connectivity index (χ1n) is 13.7. The van der Waals surface area contributed by atoms with E-state index >= 15 is 0 Å². The largest absolute Gasteiger partial charge is 0.445 e. The standard InChI is InChI=1S/C27H42N8O7/c1-27(2,3)42-25(39)33-21(18-22(28)36)24(38)31-14-8-7-13-30-23(37)12-17-35(16-9-15-32-34-29)26(40)41-19-20-10-5-4-6-11-20/h4-6,10-11,21H,7-9,12-19H2,1-3H3,(H2,28,36)(H,30,37)(H,31,38)(H,33,39)/t21-/m0/s1. The summed E-state index contributed by atoms with van der Waals surface area (Å²) in [5.41, 5.74) is 13.7. The van der Waals surface area contributed by atoms with Crippen LogP contribution in [-0.2, 0) is 30.5 Å². The molecule has 0 saturated carbocycles. The summed E-state index contributed by atoms with van der Waals surface area (Å²) in [5.74, 6) is -1.60. The van der Waals surface area contributed by atoms with Gasteiger partial charge in [0.15, 0.2) is 0 Å². The lowest BCUT2D eigenvalue weighted by atomic mass is 10.1. The van der Waals surface area contributed by atoms with Crippen LogP contribution in [0.2, 0.25) is 0 Å². The van der Waals surface area contributed by atoms with Crippen molar-refractivity contribution in [1.29, 1.82) is 0 Å². The molecule has 42 heavy (non-hydrogen) atoms. The van der Waals surface area contributed by atoms with Crippen molar-refractivity contribution in [1.82, 2.24) is 20.9 Å². The second kappa shape index (κ2) is 19.5. The van der Waals surface area contributed by atoms with Crippen LogP contribution < -0.4 is 21.7 Å². The van der Waals surface area contributed by atoms with Crippen molar-refractivity contribution >= 4 is 29.9 Å². The number of carbonyl (C=O) groups is 5. The molecule has 0 saturated heterocycles. The Morgan fingerprint density at radius 2 is 1.69 bits per heavy atom. The second-order valence-corrected chi connectivity index (χ2v) is 10.3. The number of nitrogens with one attached hydrogen (secondary N) is 3. The fourth-order valence-electron chi connectivity index (χ4n) is 3.48. The van der Waals surface area contributed by atoms with Gasteiger partial charge in [-0.2, -0.15) is 0 Å². The highest BCUT2D eigenvalue weighted by molar-refractivity contribution is 5.90. The maximum atomic E-state index is 12.6. The van der Waals surface area contributed by atoms with Gasteiger partial charge in [-0.3, -0.25) is 14.4 Å². The van der Waals surface area contributed by atoms with E-state index in [1.54, 1.807) is 20.8 Å². The van der Waals surface area contributed by atoms with E-state index in [1.807, 2.05) is 30.3 Å². The molecule has 15 heteroatoms. The monoisotopic (exact) mass is 590 g/mol. The van der Waals surface area contributed by atoms with Gasteiger partial charge in [0.1, 0.15) is 18.2 Å². The fourth-order valence-corrected chi connectivity index (χ4v) is 3.48. The van der Waals surface area contributed by atoms with E-state index in [-0.39, 0.29) is 51.5 Å². The number of rotatable bonds is 18. The molecule has 5 N–H and O–H groups in total. The lowest BCUT2D eigenvalue weighted by Gasteiger charge is -2.22. The highest BCUT2D eigenvalue weighted by Crippen LogP contribution is 2.08. The first-order valence-corrected chi connectivity index (χ1v) is 13.7. The zero-order valence-electron chi connectivity index (χ0n) is 24.5. The number of nitrogens with two attached hydrogens (primary N) is 1. The Bertz CT molecular complexity index is 1070. The lowest BCUT2D eigenvalue weighted by Crippen LogP contribution is -2.50. The number of nitrogens with zero attached hydrogens (tertiary/aromatic N) is 4. The Morgan fingerprint density at radius 3 is 2.31 bits per heavy atom. The van der Waals surface area contributed by atoms with Crippen LogP contribution in [0.15, 0.2) is 35.4 Å². The summed E-state index contributed by atoms with van der Waals surface area (Å²) in [6.07, 6.45) is -0.275. The highest BCUT2D eigenvalue weighted by Gasteiger charge is 2.25. The molecule has 0 aliphatic rings. The Hall–Kier alpha value is -4.52. The molecule has 1 rings (SSSR count). The number of hydrogen-bond acceptors (Lipinski definition) is 8. The van der Waals surface area contributed by atoms with Crippen molar-refractivity contribution in [3.8, 4) is 0 Å². The number of unbranched alkanes of at least 4 members (excludes halogenated alkanes) is 1. The maximum Gasteiger partial charge on any atom is 0.410 e. The molecule has 1 atom stereocenters. The number of benzene rings is 1. The molecule has 1 aromatic rings. The van der Waals surface area contributed by atoms with Crippen LogP contribution in [-0.4, -0.2) is 79.2 Å². The minimum Gasteiger partial charge on any atom is -0.445 e. The number of azide groups is 1. The molecule has 15 nitrogen and oxygen atoms in total. The third-order valence-electron chi connectivity index (χ3n) is 5.46. The molecule has 0 aliphatic carbocycles. The van der Waals surface area contributed by atoms with Crippen LogP contribution in [0.4, 0.5) is 9.59 Å². The first kappa shape index (κ1) is 35.5. The van der Waals surface area contributed by atoms with Crippen LogP contribution in [0.3, 0.4) is 0 Å². The predicted molar refractivity (Wildman–Crippen MR) is 154 cm³/mol. The number of carbonyl (C=O) groups excluding carboxylic acids is 5. The van der Waals surface area contributed by atoms with Gasteiger partial charge in [-0.15, -0.1) is 0 Å². The van der Waals surface area contributed by atoms with Crippen molar-refractivity contribution in [2.24, 2.45) is 10.8 Å². The summed E-state index contributed by atoms with van der Waals surface area (Å²) in [6.45, 7) is 6.27. The van der Waals surface area contributed by atoms with Gasteiger partial charge >= 0.3 is 12.2 Å². The number of ether oxygens (including phenoxy) is 2. The van der Waals surface area contributed by atoms with Crippen molar-refractivity contribution in [3.05, 3.63) is 46.3 Å². The smallest absolute Gasteiger partial charge is 0.410 e. The normalized spacial score (nSPS) is 11.3. The molecule has 0 heterocycles. The van der Waals surface area contributed by atoms with Gasteiger partial charge in [0.2, 0.25) is 17.7 Å². The minimum absolute atomic E-state index is 0.0455. The number of hydrogen-bond donors (Lipinski definition) is 4. The van der Waals surface area contributed by atoms with E-state index in [9.17, 15) is 24.0 Å². The summed E-state index contributed by atoms with van der Waals surface area (Å²) < 4.78 is 10.5. The average Bonchev–Trinajstić information content (AvgIpc) is 2.92. The van der Waals surface area contributed by atoms with Gasteiger partial charge in [-0.05, 0) is 51.1 Å². The number of primary amides is 1. The van der Waals surface area contributed by atoms with Crippen molar-refractivity contribution in [2.75, 3.05) is 32.7 Å². The Labute approximate surface area is 245 Å². The van der Waals surface area contributed by atoms with E-state index in [2.05, 4.69) is 26.0 Å². The van der Waals surface area contributed by atoms with Crippen LogP contribution >= 0.6 is 0 Å². The quantitative estimate of drug-likeness (QED) is 0.0865. The summed E-state index contributed by atoms with van der Waals surface area (Å²) in [7, 11) is 0. The lowest BCUT2D eigenvalue weighted by molar-refractivity contribution is -0.127. The molecule has 0 unspecified atom stereocenters. The summed E-state index contributed by atoms with van der Waals surface area (Å²) in [6, 6.07) is 8.02. The van der Waals surface area contributed by atoms with Gasteiger partial charge in [0.25, 0.3) is 0 Å². The maximum absolute atomic E-state index is 12.6. The molecule has 0 bridgehead atoms. The van der Waals surface area contributed by atoms with Crippen LogP contribution in [0.25, 0.3) is 10.4 Å². The molecule has 0 aliphatic heterocycles. The van der Waals surface area contributed by atoms with Gasteiger partial charge < -0.3 is 36.1 Å². The third kappa shape index (κ3) is 17.2. The Morgan fingerprint density at radius 1 is 1.02 bits per heavy atom. The minimum atomic E-state index is -1.17. The Balaban J connectivity index is 2.41. The van der Waals surface area contributed by atoms with E-state index in [1.165, 1.54) is 4.90 Å². The van der Waals surface area contributed by atoms with Crippen LogP contribution in [0, 0.1) is 0 Å². The van der Waals surface area contributed by atoms with Crippen molar-refractivity contribution in [3.63, 3.8) is 0 Å². The van der Waals surface area contributed by atoms with Gasteiger partial charge in [0, 0.05) is 44.1 Å². The summed E-state index contributed by atoms with van der Waals surface area (Å²) in [5, 5.41) is 11.2. The molecule has 1 aromatic carbocycles. The number of alkyl carbamates (subject to hydrolysis) is 1. The van der Waals surface area contributed by atoms with Crippen LogP contribution in [0.5, 0.6) is 0 Å². The molecule has 5 amide bonds. The zero-order valence-corrected chi connectivity index (χ0v) is 24.5. The summed E-state index contributed by atoms with van der Waals surface area (Å²) in [4.78, 5) is 64.8. The van der Waals surface area contributed by atoms with Crippen molar-refractivity contribution in [2.45, 2.75) is 71.1 Å². The van der Waals surface area contributed by atoms with E-state index in [0.29, 0.717) is 25.8 Å². The zero-order chi connectivity index (χ0) is 31.4. The molecule has 0 spiro atoms. The van der Waals surface area contributed by atoms with Gasteiger partial charge in [0.05, 0.1) is 6.42 Å². The highest BCUT2D eigenvalue weighted by atomic mass is 16.6. The van der Waals surface area contributed by atoms with Crippen LogP contribution in [0.1, 0.15) is 58.4 Å². The second-order valence-electron chi connectivity index (χ2n) is 10.3. The first-order chi connectivity index (χ1) is 19.9. The molecular formula is C27H42N8O7. The summed E-state index contributed by atoms with van der Waals surface area (Å²) >= 11 is 0. The van der Waals surface area contributed by atoms with E-state index in [4.69, 9.17) is 20.7 Å².